The number of nitrogens with one attached hydrogen (secondary N) is 1. The second kappa shape index (κ2) is 26.2. The molecule has 0 aliphatic rings. The average Bonchev–Trinajstić information content (AvgIpc) is 2.97. The molecular weight excluding hydrogens is 538 g/mol. The van der Waals surface area contributed by atoms with E-state index in [2.05, 4.69) is 19.2 Å². The highest BCUT2D eigenvalue weighted by molar-refractivity contribution is 5.96. The Bertz CT molecular complexity index is 737. The van der Waals surface area contributed by atoms with Crippen molar-refractivity contribution in [2.24, 2.45) is 11.8 Å². The number of esters is 2. The highest BCUT2D eigenvalue weighted by atomic mass is 16.5. The minimum Gasteiger partial charge on any atom is -0.465 e. The van der Waals surface area contributed by atoms with Crippen LogP contribution in [-0.4, -0.2) is 100 Å². The summed E-state index contributed by atoms with van der Waals surface area (Å²) in [5.41, 5.74) is 0. The lowest BCUT2D eigenvalue weighted by atomic mass is 10.00. The van der Waals surface area contributed by atoms with E-state index in [9.17, 15) is 19.2 Å². The zero-order valence-electron chi connectivity index (χ0n) is 27.3. The fourth-order valence-electron chi connectivity index (χ4n) is 4.21. The molecule has 0 aromatic heterocycles. The number of amides is 2. The van der Waals surface area contributed by atoms with Gasteiger partial charge >= 0.3 is 11.9 Å². The molecule has 0 saturated carbocycles. The SMILES string of the molecule is CCCCC(CC)C(=O)OCCCN(CCCOC(=O)C(CC)CCCC)C(=O)C=CC(=O)NCCOCCN(C)C. The molecule has 0 aliphatic carbocycles. The van der Waals surface area contributed by atoms with Crippen LogP contribution in [0.1, 0.15) is 91.9 Å². The van der Waals surface area contributed by atoms with Crippen LogP contribution >= 0.6 is 0 Å². The standard InChI is InChI=1S/C32H59N3O7/c1-7-11-15-27(9-3)31(38)41-23-13-20-35(21-14-24-42-32(39)28(10-4)16-12-8-2)30(37)18-17-29(36)33-19-25-40-26-22-34(5)6/h17-18,27-28H,7-16,19-26H2,1-6H3,(H,33,36). The Morgan fingerprint density at radius 1 is 0.690 bits per heavy atom. The van der Waals surface area contributed by atoms with Crippen LogP contribution in [0.4, 0.5) is 0 Å². The first-order valence-electron chi connectivity index (χ1n) is 16.0. The van der Waals surface area contributed by atoms with Gasteiger partial charge in [0.1, 0.15) is 0 Å². The van der Waals surface area contributed by atoms with E-state index in [4.69, 9.17) is 14.2 Å². The molecule has 2 amide bonds. The summed E-state index contributed by atoms with van der Waals surface area (Å²) in [5.74, 6) is -1.27. The first-order valence-corrected chi connectivity index (χ1v) is 16.0. The van der Waals surface area contributed by atoms with Gasteiger partial charge in [0.15, 0.2) is 0 Å². The molecule has 0 aliphatic heterocycles. The van der Waals surface area contributed by atoms with Gasteiger partial charge in [0, 0.05) is 38.3 Å². The van der Waals surface area contributed by atoms with Crippen molar-refractivity contribution >= 4 is 23.8 Å². The summed E-state index contributed by atoms with van der Waals surface area (Å²) in [6, 6.07) is 0. The fraction of sp³-hybridized carbons (Fsp3) is 0.812. The van der Waals surface area contributed by atoms with Gasteiger partial charge in [0.25, 0.3) is 0 Å². The van der Waals surface area contributed by atoms with Crippen molar-refractivity contribution in [2.75, 3.05) is 66.7 Å². The minimum absolute atomic E-state index is 0.0959. The summed E-state index contributed by atoms with van der Waals surface area (Å²) >= 11 is 0. The maximum atomic E-state index is 12.9. The Hall–Kier alpha value is -2.46. The number of ether oxygens (including phenoxy) is 3. The summed E-state index contributed by atoms with van der Waals surface area (Å²) in [6.45, 7) is 11.4. The van der Waals surface area contributed by atoms with E-state index >= 15 is 0 Å². The lowest BCUT2D eigenvalue weighted by Gasteiger charge is -2.22. The Labute approximate surface area is 254 Å². The average molecular weight is 598 g/mol. The Balaban J connectivity index is 4.87. The number of carbonyl (C=O) groups excluding carboxylic acids is 4. The molecule has 0 fully saturated rings. The first-order chi connectivity index (χ1) is 20.2. The van der Waals surface area contributed by atoms with Crippen LogP contribution < -0.4 is 5.32 Å². The van der Waals surface area contributed by atoms with Crippen LogP contribution in [0.15, 0.2) is 12.2 Å². The number of hydrogen-bond acceptors (Lipinski definition) is 8. The number of nitrogens with zero attached hydrogens (tertiary/aromatic N) is 2. The molecule has 0 aromatic carbocycles. The van der Waals surface area contributed by atoms with Gasteiger partial charge in [-0.05, 0) is 52.6 Å². The molecule has 10 nitrogen and oxygen atoms in total. The molecule has 0 spiro atoms. The highest BCUT2D eigenvalue weighted by Crippen LogP contribution is 2.15. The molecule has 2 atom stereocenters. The largest absolute Gasteiger partial charge is 0.465 e. The van der Waals surface area contributed by atoms with Gasteiger partial charge in [-0.3, -0.25) is 19.2 Å². The molecule has 0 aromatic rings. The van der Waals surface area contributed by atoms with Crippen molar-refractivity contribution < 1.29 is 33.4 Å². The molecule has 2 unspecified atom stereocenters. The van der Waals surface area contributed by atoms with Crippen molar-refractivity contribution in [2.45, 2.75) is 91.9 Å². The number of unbranched alkanes of at least 4 members (excludes halogenated alkanes) is 2. The summed E-state index contributed by atoms with van der Waals surface area (Å²) in [6.07, 6.45) is 10.6. The van der Waals surface area contributed by atoms with E-state index < -0.39 is 0 Å². The van der Waals surface area contributed by atoms with Gasteiger partial charge in [0.2, 0.25) is 11.8 Å². The first kappa shape index (κ1) is 39.5. The molecule has 1 N–H and O–H groups in total. The predicted molar refractivity (Wildman–Crippen MR) is 166 cm³/mol. The molecule has 0 rings (SSSR count). The zero-order valence-corrected chi connectivity index (χ0v) is 27.3. The van der Waals surface area contributed by atoms with Crippen molar-refractivity contribution in [3.8, 4) is 0 Å². The molecule has 0 heterocycles. The van der Waals surface area contributed by atoms with E-state index in [0.717, 1.165) is 57.9 Å². The Morgan fingerprint density at radius 3 is 1.67 bits per heavy atom. The van der Waals surface area contributed by atoms with Crippen molar-refractivity contribution in [3.05, 3.63) is 12.2 Å². The predicted octanol–water partition coefficient (Wildman–Crippen LogP) is 4.37. The lowest BCUT2D eigenvalue weighted by molar-refractivity contribution is -0.149. The summed E-state index contributed by atoms with van der Waals surface area (Å²) in [4.78, 5) is 53.5. The van der Waals surface area contributed by atoms with Gasteiger partial charge in [-0.1, -0.05) is 53.4 Å². The smallest absolute Gasteiger partial charge is 0.308 e. The topological polar surface area (TPSA) is 114 Å². The zero-order chi connectivity index (χ0) is 31.6. The summed E-state index contributed by atoms with van der Waals surface area (Å²) in [7, 11) is 3.92. The van der Waals surface area contributed by atoms with Gasteiger partial charge in [-0.2, -0.15) is 0 Å². The van der Waals surface area contributed by atoms with E-state index in [1.165, 1.54) is 12.2 Å². The summed E-state index contributed by atoms with van der Waals surface area (Å²) in [5, 5.41) is 2.71. The number of carbonyl (C=O) groups is 4. The van der Waals surface area contributed by atoms with Gasteiger partial charge in [-0.15, -0.1) is 0 Å². The van der Waals surface area contributed by atoms with Crippen LogP contribution in [0.25, 0.3) is 0 Å². The minimum atomic E-state index is -0.377. The molecule has 244 valence electrons. The summed E-state index contributed by atoms with van der Waals surface area (Å²) < 4.78 is 16.4. The normalized spacial score (nSPS) is 12.7. The van der Waals surface area contributed by atoms with E-state index in [-0.39, 0.29) is 48.8 Å². The van der Waals surface area contributed by atoms with Crippen molar-refractivity contribution in [1.29, 1.82) is 0 Å². The van der Waals surface area contributed by atoms with E-state index in [1.807, 2.05) is 32.8 Å². The van der Waals surface area contributed by atoms with Gasteiger partial charge in [0.05, 0.1) is 38.3 Å². The van der Waals surface area contributed by atoms with Crippen molar-refractivity contribution in [1.82, 2.24) is 15.1 Å². The fourth-order valence-corrected chi connectivity index (χ4v) is 4.21. The molecule has 0 saturated heterocycles. The van der Waals surface area contributed by atoms with E-state index in [1.54, 1.807) is 4.90 Å². The molecular formula is C32H59N3O7. The maximum absolute atomic E-state index is 12.9. The third kappa shape index (κ3) is 20.4. The molecule has 0 radical (unpaired) electrons. The van der Waals surface area contributed by atoms with Crippen LogP contribution in [0.5, 0.6) is 0 Å². The third-order valence-corrected chi connectivity index (χ3v) is 7.02. The monoisotopic (exact) mass is 597 g/mol. The van der Waals surface area contributed by atoms with Gasteiger partial charge in [-0.25, -0.2) is 0 Å². The van der Waals surface area contributed by atoms with Crippen LogP contribution in [0.2, 0.25) is 0 Å². The quantitative estimate of drug-likeness (QED) is 0.0889. The number of hydrogen-bond donors (Lipinski definition) is 1. The van der Waals surface area contributed by atoms with E-state index in [0.29, 0.717) is 45.7 Å². The number of likely N-dealkylation sites (N-methyl/N-ethyl adjacent to an activating group) is 1. The molecule has 42 heavy (non-hydrogen) atoms. The van der Waals surface area contributed by atoms with Crippen LogP contribution in [-0.2, 0) is 33.4 Å². The third-order valence-electron chi connectivity index (χ3n) is 7.02. The van der Waals surface area contributed by atoms with Crippen LogP contribution in [0, 0.1) is 11.8 Å². The second-order valence-corrected chi connectivity index (χ2v) is 10.9. The second-order valence-electron chi connectivity index (χ2n) is 10.9. The van der Waals surface area contributed by atoms with Crippen LogP contribution in [0.3, 0.4) is 0 Å². The maximum Gasteiger partial charge on any atom is 0.308 e. The Kier molecular flexibility index (Phi) is 24.7. The van der Waals surface area contributed by atoms with Crippen molar-refractivity contribution in [3.63, 3.8) is 0 Å². The van der Waals surface area contributed by atoms with Gasteiger partial charge < -0.3 is 29.3 Å². The number of rotatable bonds is 26. The highest BCUT2D eigenvalue weighted by Gasteiger charge is 2.19. The Morgan fingerprint density at radius 2 is 1.21 bits per heavy atom. The molecule has 10 heteroatoms. The lowest BCUT2D eigenvalue weighted by Crippen LogP contribution is -2.34. The molecule has 0 bridgehead atoms.